The van der Waals surface area contributed by atoms with Crippen molar-refractivity contribution < 1.29 is 9.94 Å². The predicted octanol–water partition coefficient (Wildman–Crippen LogP) is 1.57. The predicted molar refractivity (Wildman–Crippen MR) is 66.8 cm³/mol. The number of imidazole rings is 1. The van der Waals surface area contributed by atoms with E-state index >= 15 is 0 Å². The molecule has 90 valence electrons. The number of nitrogens with zero attached hydrogens (tertiary/aromatic N) is 2. The molecule has 1 N–H and O–H groups in total. The van der Waals surface area contributed by atoms with Crippen LogP contribution in [-0.2, 0) is 6.42 Å². The molecule has 0 aliphatic heterocycles. The summed E-state index contributed by atoms with van der Waals surface area (Å²) in [6, 6.07) is 7.73. The van der Waals surface area contributed by atoms with E-state index in [-0.39, 0.29) is 0 Å². The minimum Gasteiger partial charge on any atom is -0.408 e. The maximum Gasteiger partial charge on any atom is 0.148 e. The van der Waals surface area contributed by atoms with Crippen LogP contribution in [-0.4, -0.2) is 27.5 Å². The average Bonchev–Trinajstić information content (AvgIpc) is 2.63. The Labute approximate surface area is 100 Å². The summed E-state index contributed by atoms with van der Waals surface area (Å²) in [6.07, 6.45) is 1.70. The van der Waals surface area contributed by atoms with E-state index in [0.717, 1.165) is 16.9 Å². The molecule has 4 heteroatoms. The standard InChI is InChI=1S/C13H16N2O2/c1-3-8-17-15-12-7-5-4-6-11(12)14-13(15)9-10(2)16/h3-7,10,16H,1,8-9H2,2H3. The zero-order chi connectivity index (χ0) is 12.3. The van der Waals surface area contributed by atoms with E-state index in [9.17, 15) is 5.11 Å². The zero-order valence-electron chi connectivity index (χ0n) is 9.84. The van der Waals surface area contributed by atoms with Crippen molar-refractivity contribution >= 4 is 11.0 Å². The summed E-state index contributed by atoms with van der Waals surface area (Å²) < 4.78 is 1.67. The molecular weight excluding hydrogens is 216 g/mol. The quantitative estimate of drug-likeness (QED) is 0.796. The van der Waals surface area contributed by atoms with Crippen LogP contribution in [0.5, 0.6) is 0 Å². The van der Waals surface area contributed by atoms with Crippen molar-refractivity contribution in [1.82, 2.24) is 9.71 Å². The fraction of sp³-hybridized carbons (Fsp3) is 0.308. The lowest BCUT2D eigenvalue weighted by molar-refractivity contribution is 0.125. The molecule has 2 rings (SSSR count). The first-order valence-electron chi connectivity index (χ1n) is 5.61. The summed E-state index contributed by atoms with van der Waals surface area (Å²) in [6.45, 7) is 5.77. The van der Waals surface area contributed by atoms with Crippen LogP contribution in [0.4, 0.5) is 0 Å². The molecule has 0 saturated heterocycles. The SMILES string of the molecule is C=CCOn1c(CC(C)O)nc2ccccc21. The van der Waals surface area contributed by atoms with Gasteiger partial charge in [-0.05, 0) is 19.1 Å². The van der Waals surface area contributed by atoms with Gasteiger partial charge in [-0.3, -0.25) is 0 Å². The molecule has 4 nitrogen and oxygen atoms in total. The van der Waals surface area contributed by atoms with Crippen molar-refractivity contribution in [3.05, 3.63) is 42.7 Å². The number of aromatic nitrogens is 2. The van der Waals surface area contributed by atoms with Gasteiger partial charge in [-0.25, -0.2) is 4.98 Å². The molecular formula is C13H16N2O2. The van der Waals surface area contributed by atoms with E-state index in [2.05, 4.69) is 11.6 Å². The number of benzene rings is 1. The van der Waals surface area contributed by atoms with Gasteiger partial charge in [0.2, 0.25) is 0 Å². The monoisotopic (exact) mass is 232 g/mol. The molecule has 0 saturated carbocycles. The van der Waals surface area contributed by atoms with E-state index in [1.54, 1.807) is 17.7 Å². The first kappa shape index (κ1) is 11.7. The van der Waals surface area contributed by atoms with Gasteiger partial charge in [0.25, 0.3) is 0 Å². The molecule has 0 spiro atoms. The van der Waals surface area contributed by atoms with E-state index in [1.807, 2.05) is 24.3 Å². The second-order valence-corrected chi connectivity index (χ2v) is 3.95. The normalized spacial score (nSPS) is 12.6. The van der Waals surface area contributed by atoms with Gasteiger partial charge in [-0.1, -0.05) is 24.8 Å². The zero-order valence-corrected chi connectivity index (χ0v) is 9.84. The maximum absolute atomic E-state index is 9.45. The third kappa shape index (κ3) is 2.47. The van der Waals surface area contributed by atoms with E-state index < -0.39 is 6.10 Å². The lowest BCUT2D eigenvalue weighted by atomic mass is 10.3. The number of rotatable bonds is 5. The Morgan fingerprint density at radius 3 is 3.00 bits per heavy atom. The van der Waals surface area contributed by atoms with Crippen LogP contribution in [0.1, 0.15) is 12.7 Å². The van der Waals surface area contributed by atoms with Gasteiger partial charge in [-0.2, -0.15) is 4.73 Å². The number of fused-ring (bicyclic) bond motifs is 1. The Kier molecular flexibility index (Phi) is 3.44. The summed E-state index contributed by atoms with van der Waals surface area (Å²) in [5.41, 5.74) is 1.78. The minimum atomic E-state index is -0.446. The summed E-state index contributed by atoms with van der Waals surface area (Å²) in [5.74, 6) is 0.725. The van der Waals surface area contributed by atoms with E-state index in [4.69, 9.17) is 4.84 Å². The first-order chi connectivity index (χ1) is 8.22. The molecule has 1 heterocycles. The topological polar surface area (TPSA) is 47.3 Å². The van der Waals surface area contributed by atoms with Crippen LogP contribution in [0.3, 0.4) is 0 Å². The van der Waals surface area contributed by atoms with Gasteiger partial charge in [0.15, 0.2) is 0 Å². The van der Waals surface area contributed by atoms with Crippen molar-refractivity contribution in [2.24, 2.45) is 0 Å². The van der Waals surface area contributed by atoms with Gasteiger partial charge in [0.1, 0.15) is 17.9 Å². The summed E-state index contributed by atoms with van der Waals surface area (Å²) in [4.78, 5) is 10.0. The molecule has 0 amide bonds. The summed E-state index contributed by atoms with van der Waals surface area (Å²) in [5, 5.41) is 9.45. The fourth-order valence-corrected chi connectivity index (χ4v) is 1.72. The smallest absolute Gasteiger partial charge is 0.148 e. The number of hydrogen-bond donors (Lipinski definition) is 1. The van der Waals surface area contributed by atoms with Crippen LogP contribution >= 0.6 is 0 Å². The molecule has 17 heavy (non-hydrogen) atoms. The minimum absolute atomic E-state index is 0.410. The number of aliphatic hydroxyl groups excluding tert-OH is 1. The molecule has 0 radical (unpaired) electrons. The molecule has 2 aromatic rings. The largest absolute Gasteiger partial charge is 0.408 e. The van der Waals surface area contributed by atoms with Gasteiger partial charge >= 0.3 is 0 Å². The van der Waals surface area contributed by atoms with Crippen LogP contribution in [0, 0.1) is 0 Å². The Hall–Kier alpha value is -1.81. The Bertz CT molecular complexity index is 517. The number of hydrogen-bond acceptors (Lipinski definition) is 3. The fourth-order valence-electron chi connectivity index (χ4n) is 1.72. The van der Waals surface area contributed by atoms with Crippen LogP contribution < -0.4 is 4.84 Å². The molecule has 0 aliphatic rings. The highest BCUT2D eigenvalue weighted by Gasteiger charge is 2.12. The highest BCUT2D eigenvalue weighted by molar-refractivity contribution is 5.75. The molecule has 1 atom stereocenters. The van der Waals surface area contributed by atoms with Crippen molar-refractivity contribution in [3.8, 4) is 0 Å². The molecule has 1 aromatic carbocycles. The summed E-state index contributed by atoms with van der Waals surface area (Å²) in [7, 11) is 0. The third-order valence-corrected chi connectivity index (χ3v) is 2.38. The van der Waals surface area contributed by atoms with Crippen LogP contribution in [0.15, 0.2) is 36.9 Å². The van der Waals surface area contributed by atoms with Gasteiger partial charge in [0, 0.05) is 6.42 Å². The number of aliphatic hydroxyl groups is 1. The highest BCUT2D eigenvalue weighted by Crippen LogP contribution is 2.15. The second kappa shape index (κ2) is 5.01. The van der Waals surface area contributed by atoms with Crippen LogP contribution in [0.25, 0.3) is 11.0 Å². The third-order valence-electron chi connectivity index (χ3n) is 2.38. The lowest BCUT2D eigenvalue weighted by Crippen LogP contribution is -2.18. The van der Waals surface area contributed by atoms with Crippen LogP contribution in [0.2, 0.25) is 0 Å². The van der Waals surface area contributed by atoms with Crippen molar-refractivity contribution in [1.29, 1.82) is 0 Å². The molecule has 0 bridgehead atoms. The molecule has 1 aromatic heterocycles. The Balaban J connectivity index is 2.44. The van der Waals surface area contributed by atoms with Gasteiger partial charge in [0.05, 0.1) is 11.6 Å². The van der Waals surface area contributed by atoms with Crippen molar-refractivity contribution in [2.45, 2.75) is 19.4 Å². The first-order valence-corrected chi connectivity index (χ1v) is 5.61. The highest BCUT2D eigenvalue weighted by atomic mass is 16.7. The lowest BCUT2D eigenvalue weighted by Gasteiger charge is -2.10. The van der Waals surface area contributed by atoms with Gasteiger partial charge in [-0.15, -0.1) is 0 Å². The average molecular weight is 232 g/mol. The Morgan fingerprint density at radius 2 is 2.29 bits per heavy atom. The summed E-state index contributed by atoms with van der Waals surface area (Å²) >= 11 is 0. The van der Waals surface area contributed by atoms with E-state index in [0.29, 0.717) is 13.0 Å². The van der Waals surface area contributed by atoms with Crippen molar-refractivity contribution in [3.63, 3.8) is 0 Å². The van der Waals surface area contributed by atoms with Gasteiger partial charge < -0.3 is 9.94 Å². The van der Waals surface area contributed by atoms with E-state index in [1.165, 1.54) is 0 Å². The Morgan fingerprint density at radius 1 is 1.53 bits per heavy atom. The maximum atomic E-state index is 9.45. The molecule has 0 aliphatic carbocycles. The molecule has 1 unspecified atom stereocenters. The van der Waals surface area contributed by atoms with Crippen molar-refractivity contribution in [2.75, 3.05) is 6.61 Å². The number of para-hydroxylation sites is 2. The second-order valence-electron chi connectivity index (χ2n) is 3.95. The molecule has 0 fully saturated rings.